The third-order valence-corrected chi connectivity index (χ3v) is 3.59. The lowest BCUT2D eigenvalue weighted by Crippen LogP contribution is -2.46. The molecule has 0 amide bonds. The van der Waals surface area contributed by atoms with E-state index in [0.717, 1.165) is 19.4 Å². The summed E-state index contributed by atoms with van der Waals surface area (Å²) in [5.41, 5.74) is 8.64. The molecule has 1 heterocycles. The highest BCUT2D eigenvalue weighted by Gasteiger charge is 2.24. The Morgan fingerprint density at radius 1 is 1.29 bits per heavy atom. The van der Waals surface area contributed by atoms with Gasteiger partial charge in [-0.15, -0.1) is 0 Å². The molecule has 0 spiro atoms. The van der Waals surface area contributed by atoms with Gasteiger partial charge in [-0.3, -0.25) is 0 Å². The summed E-state index contributed by atoms with van der Waals surface area (Å²) < 4.78 is 0. The van der Waals surface area contributed by atoms with Crippen LogP contribution in [0.2, 0.25) is 0 Å². The summed E-state index contributed by atoms with van der Waals surface area (Å²) in [7, 11) is 4.19. The van der Waals surface area contributed by atoms with E-state index >= 15 is 0 Å². The molecule has 1 aliphatic rings. The van der Waals surface area contributed by atoms with Crippen LogP contribution in [0.4, 0.5) is 11.4 Å². The molecule has 0 radical (unpaired) electrons. The standard InChI is InChI=1S/C14H23N3/c1-11-10-12(15)8-9-17(11)14-7-5-4-6-13(14)16(2)3/h4-7,11-12H,8-10,15H2,1-3H3. The minimum absolute atomic E-state index is 0.368. The summed E-state index contributed by atoms with van der Waals surface area (Å²) in [4.78, 5) is 4.66. The van der Waals surface area contributed by atoms with Crippen molar-refractivity contribution in [2.45, 2.75) is 31.8 Å². The Morgan fingerprint density at radius 2 is 2.00 bits per heavy atom. The average Bonchev–Trinajstić information content (AvgIpc) is 2.29. The van der Waals surface area contributed by atoms with Crippen LogP contribution in [0.3, 0.4) is 0 Å². The van der Waals surface area contributed by atoms with Gasteiger partial charge in [0.2, 0.25) is 0 Å². The van der Waals surface area contributed by atoms with Gasteiger partial charge in [0.05, 0.1) is 11.4 Å². The third-order valence-electron chi connectivity index (χ3n) is 3.59. The molecule has 2 unspecified atom stereocenters. The second-order valence-electron chi connectivity index (χ2n) is 5.21. The lowest BCUT2D eigenvalue weighted by atomic mass is 9.98. The number of hydrogen-bond donors (Lipinski definition) is 1. The normalized spacial score (nSPS) is 24.8. The molecule has 1 aromatic rings. The quantitative estimate of drug-likeness (QED) is 0.848. The molecule has 3 heteroatoms. The topological polar surface area (TPSA) is 32.5 Å². The van der Waals surface area contributed by atoms with E-state index in [2.05, 4.69) is 55.1 Å². The van der Waals surface area contributed by atoms with Crippen molar-refractivity contribution in [2.24, 2.45) is 5.73 Å². The first-order chi connectivity index (χ1) is 8.09. The van der Waals surface area contributed by atoms with E-state index in [1.54, 1.807) is 0 Å². The highest BCUT2D eigenvalue weighted by molar-refractivity contribution is 5.71. The minimum atomic E-state index is 0.368. The molecule has 0 bridgehead atoms. The predicted octanol–water partition coefficient (Wildman–Crippen LogP) is 2.07. The Hall–Kier alpha value is -1.22. The van der Waals surface area contributed by atoms with Gasteiger partial charge in [0.1, 0.15) is 0 Å². The summed E-state index contributed by atoms with van der Waals surface area (Å²) in [5, 5.41) is 0. The second-order valence-corrected chi connectivity index (χ2v) is 5.21. The molecule has 1 saturated heterocycles. The van der Waals surface area contributed by atoms with Crippen molar-refractivity contribution in [1.29, 1.82) is 0 Å². The van der Waals surface area contributed by atoms with Crippen LogP contribution in [0.15, 0.2) is 24.3 Å². The molecule has 1 aliphatic heterocycles. The fraction of sp³-hybridized carbons (Fsp3) is 0.571. The van der Waals surface area contributed by atoms with E-state index in [4.69, 9.17) is 5.73 Å². The van der Waals surface area contributed by atoms with Gasteiger partial charge in [0.15, 0.2) is 0 Å². The maximum atomic E-state index is 6.03. The number of nitrogens with two attached hydrogens (primary N) is 1. The van der Waals surface area contributed by atoms with Gasteiger partial charge < -0.3 is 15.5 Å². The maximum absolute atomic E-state index is 6.03. The highest BCUT2D eigenvalue weighted by Crippen LogP contribution is 2.32. The van der Waals surface area contributed by atoms with E-state index in [1.807, 2.05) is 0 Å². The van der Waals surface area contributed by atoms with Crippen molar-refractivity contribution in [2.75, 3.05) is 30.4 Å². The molecule has 17 heavy (non-hydrogen) atoms. The molecule has 2 rings (SSSR count). The van der Waals surface area contributed by atoms with Crippen molar-refractivity contribution in [1.82, 2.24) is 0 Å². The summed E-state index contributed by atoms with van der Waals surface area (Å²) in [5.74, 6) is 0. The zero-order valence-electron chi connectivity index (χ0n) is 11.1. The van der Waals surface area contributed by atoms with E-state index in [0.29, 0.717) is 12.1 Å². The molecule has 0 saturated carbocycles. The number of piperidine rings is 1. The van der Waals surface area contributed by atoms with Crippen molar-refractivity contribution >= 4 is 11.4 Å². The average molecular weight is 233 g/mol. The van der Waals surface area contributed by atoms with Crippen LogP contribution in [0.1, 0.15) is 19.8 Å². The van der Waals surface area contributed by atoms with Gasteiger partial charge >= 0.3 is 0 Å². The van der Waals surface area contributed by atoms with Gasteiger partial charge in [-0.2, -0.15) is 0 Å². The Bertz CT molecular complexity index is 375. The molecule has 0 aliphatic carbocycles. The fourth-order valence-corrected chi connectivity index (χ4v) is 2.65. The van der Waals surface area contributed by atoms with E-state index < -0.39 is 0 Å². The van der Waals surface area contributed by atoms with Crippen LogP contribution < -0.4 is 15.5 Å². The van der Waals surface area contributed by atoms with Gasteiger partial charge in [-0.1, -0.05) is 12.1 Å². The van der Waals surface area contributed by atoms with Crippen LogP contribution >= 0.6 is 0 Å². The summed E-state index contributed by atoms with van der Waals surface area (Å²) in [6, 6.07) is 9.50. The number of rotatable bonds is 2. The Balaban J connectivity index is 2.27. The van der Waals surface area contributed by atoms with Gasteiger partial charge in [-0.05, 0) is 31.9 Å². The molecule has 3 nitrogen and oxygen atoms in total. The first-order valence-electron chi connectivity index (χ1n) is 6.38. The summed E-state index contributed by atoms with van der Waals surface area (Å²) in [6.45, 7) is 3.33. The van der Waals surface area contributed by atoms with Crippen molar-refractivity contribution in [3.63, 3.8) is 0 Å². The molecule has 1 aromatic carbocycles. The Kier molecular flexibility index (Phi) is 3.57. The number of anilines is 2. The van der Waals surface area contributed by atoms with Gasteiger partial charge in [0, 0.05) is 32.7 Å². The van der Waals surface area contributed by atoms with Crippen molar-refractivity contribution in [3.05, 3.63) is 24.3 Å². The zero-order chi connectivity index (χ0) is 12.4. The molecular formula is C14H23N3. The van der Waals surface area contributed by atoms with Gasteiger partial charge in [-0.25, -0.2) is 0 Å². The molecule has 2 N–H and O–H groups in total. The number of hydrogen-bond acceptors (Lipinski definition) is 3. The maximum Gasteiger partial charge on any atom is 0.0606 e. The van der Waals surface area contributed by atoms with Crippen LogP contribution in [0.5, 0.6) is 0 Å². The van der Waals surface area contributed by atoms with Crippen LogP contribution in [0, 0.1) is 0 Å². The second kappa shape index (κ2) is 4.96. The summed E-state index contributed by atoms with van der Waals surface area (Å²) in [6.07, 6.45) is 2.17. The molecule has 1 fully saturated rings. The molecule has 94 valence electrons. The van der Waals surface area contributed by atoms with Crippen LogP contribution in [0.25, 0.3) is 0 Å². The third kappa shape index (κ3) is 2.55. The first-order valence-corrected chi connectivity index (χ1v) is 6.38. The molecule has 0 aromatic heterocycles. The van der Waals surface area contributed by atoms with Gasteiger partial charge in [0.25, 0.3) is 0 Å². The molecule has 2 atom stereocenters. The zero-order valence-corrected chi connectivity index (χ0v) is 11.1. The monoisotopic (exact) mass is 233 g/mol. The highest BCUT2D eigenvalue weighted by atomic mass is 15.2. The number of nitrogens with zero attached hydrogens (tertiary/aromatic N) is 2. The lowest BCUT2D eigenvalue weighted by Gasteiger charge is -2.39. The largest absolute Gasteiger partial charge is 0.376 e. The van der Waals surface area contributed by atoms with Crippen LogP contribution in [-0.2, 0) is 0 Å². The lowest BCUT2D eigenvalue weighted by molar-refractivity contribution is 0.430. The van der Waals surface area contributed by atoms with E-state index in [1.165, 1.54) is 11.4 Å². The first kappa shape index (κ1) is 12.2. The fourth-order valence-electron chi connectivity index (χ4n) is 2.65. The molecular weight excluding hydrogens is 210 g/mol. The summed E-state index contributed by atoms with van der Waals surface area (Å²) >= 11 is 0. The minimum Gasteiger partial charge on any atom is -0.376 e. The van der Waals surface area contributed by atoms with Crippen molar-refractivity contribution < 1.29 is 0 Å². The number of benzene rings is 1. The predicted molar refractivity (Wildman–Crippen MR) is 74.8 cm³/mol. The van der Waals surface area contributed by atoms with E-state index in [9.17, 15) is 0 Å². The Morgan fingerprint density at radius 3 is 2.65 bits per heavy atom. The van der Waals surface area contributed by atoms with E-state index in [-0.39, 0.29) is 0 Å². The smallest absolute Gasteiger partial charge is 0.0606 e. The SMILES string of the molecule is CC1CC(N)CCN1c1ccccc1N(C)C. The van der Waals surface area contributed by atoms with Crippen molar-refractivity contribution in [3.8, 4) is 0 Å². The van der Waals surface area contributed by atoms with Crippen LogP contribution in [-0.4, -0.2) is 32.7 Å². The number of para-hydroxylation sites is 2. The Labute approximate surface area is 104 Å².